The van der Waals surface area contributed by atoms with Crippen molar-refractivity contribution in [1.82, 2.24) is 15.0 Å². The number of carboxylic acid groups (broad SMARTS) is 1. The Bertz CT molecular complexity index is 1580. The van der Waals surface area contributed by atoms with Crippen LogP contribution in [0.4, 0.5) is 22.2 Å². The summed E-state index contributed by atoms with van der Waals surface area (Å²) in [5.41, 5.74) is 5.39. The molecule has 0 aliphatic carbocycles. The molecule has 2 heterocycles. The molecule has 5 rings (SSSR count). The summed E-state index contributed by atoms with van der Waals surface area (Å²) in [6.07, 6.45) is -0.0996. The van der Waals surface area contributed by atoms with E-state index < -0.39 is 5.97 Å². The Morgan fingerprint density at radius 2 is 1.78 bits per heavy atom. The number of rotatable bonds is 8. The van der Waals surface area contributed by atoms with Crippen molar-refractivity contribution in [3.8, 4) is 11.3 Å². The maximum atomic E-state index is 12.6. The van der Waals surface area contributed by atoms with Crippen molar-refractivity contribution >= 4 is 50.5 Å². The molecule has 2 aromatic heterocycles. The van der Waals surface area contributed by atoms with E-state index in [4.69, 9.17) is 10.1 Å². The van der Waals surface area contributed by atoms with Gasteiger partial charge in [-0.3, -0.25) is 9.59 Å². The van der Waals surface area contributed by atoms with E-state index in [9.17, 15) is 9.59 Å². The molecular weight excluding hydrogens is 474 g/mol. The van der Waals surface area contributed by atoms with Gasteiger partial charge in [-0.05, 0) is 24.3 Å². The lowest BCUT2D eigenvalue weighted by atomic mass is 10.1. The molecule has 0 radical (unpaired) electrons. The van der Waals surface area contributed by atoms with Gasteiger partial charge >= 0.3 is 5.97 Å². The van der Waals surface area contributed by atoms with Crippen molar-refractivity contribution in [3.63, 3.8) is 0 Å². The predicted molar refractivity (Wildman–Crippen MR) is 144 cm³/mol. The second kappa shape index (κ2) is 10.0. The zero-order valence-electron chi connectivity index (χ0n) is 19.4. The minimum absolute atomic E-state index is 0.0614. The molecule has 0 fully saturated rings. The topological polar surface area (TPSA) is 111 Å². The van der Waals surface area contributed by atoms with Crippen LogP contribution in [0.5, 0.6) is 0 Å². The third kappa shape index (κ3) is 4.96. The lowest BCUT2D eigenvalue weighted by molar-refractivity contribution is -0.136. The van der Waals surface area contributed by atoms with Crippen molar-refractivity contribution in [2.45, 2.75) is 12.8 Å². The van der Waals surface area contributed by atoms with Gasteiger partial charge in [-0.2, -0.15) is 0 Å². The first kappa shape index (κ1) is 23.3. The number of aromatic amines is 1. The highest BCUT2D eigenvalue weighted by Crippen LogP contribution is 2.36. The molecule has 0 atom stereocenters. The maximum absolute atomic E-state index is 12.6. The van der Waals surface area contributed by atoms with Gasteiger partial charge in [-0.25, -0.2) is 9.97 Å². The van der Waals surface area contributed by atoms with E-state index >= 15 is 0 Å². The number of aliphatic carboxylic acids is 1. The van der Waals surface area contributed by atoms with Gasteiger partial charge in [0, 0.05) is 30.1 Å². The third-order valence-corrected chi connectivity index (χ3v) is 6.53. The van der Waals surface area contributed by atoms with Crippen molar-refractivity contribution in [2.24, 2.45) is 0 Å². The quantitative estimate of drug-likeness (QED) is 0.257. The number of hydrogen-bond donors (Lipinski definition) is 3. The molecule has 180 valence electrons. The number of aromatic nitrogens is 3. The van der Waals surface area contributed by atoms with Gasteiger partial charge in [0.2, 0.25) is 0 Å². The number of hydrogen-bond acceptors (Lipinski definition) is 7. The molecule has 5 aromatic rings. The van der Waals surface area contributed by atoms with Crippen LogP contribution in [0.3, 0.4) is 0 Å². The molecule has 0 saturated carbocycles. The van der Waals surface area contributed by atoms with Crippen LogP contribution in [0.15, 0.2) is 83.0 Å². The number of aryl methyl sites for hydroxylation is 1. The van der Waals surface area contributed by atoms with Crippen LogP contribution in [0.1, 0.15) is 12.1 Å². The second-order valence-electron chi connectivity index (χ2n) is 8.22. The standard InChI is InChI=1S/C27H23N5O3S/c1-32(18-10-6-3-7-11-18)24-15-21-20(29-26(35)19(28-21)12-13-25(33)34)14-22(24)30-27-31-23(16-36-27)17-8-4-2-5-9-17/h2-11,14-16H,12-13H2,1H3,(H,29,35)(H,30,31)(H,33,34). The Hall–Kier alpha value is -4.50. The van der Waals surface area contributed by atoms with Crippen molar-refractivity contribution < 1.29 is 9.90 Å². The minimum atomic E-state index is -0.973. The first-order valence-corrected chi connectivity index (χ1v) is 12.2. The number of nitrogens with one attached hydrogen (secondary N) is 2. The summed E-state index contributed by atoms with van der Waals surface area (Å²) in [4.78, 5) is 37.7. The molecule has 0 bridgehead atoms. The fraction of sp³-hybridized carbons (Fsp3) is 0.111. The number of anilines is 4. The Kier molecular flexibility index (Phi) is 6.46. The van der Waals surface area contributed by atoms with Gasteiger partial charge in [-0.15, -0.1) is 11.3 Å². The molecule has 0 amide bonds. The van der Waals surface area contributed by atoms with Crippen LogP contribution in [-0.4, -0.2) is 33.1 Å². The predicted octanol–water partition coefficient (Wildman–Crippen LogP) is 5.58. The third-order valence-electron chi connectivity index (χ3n) is 5.78. The lowest BCUT2D eigenvalue weighted by Gasteiger charge is -2.23. The number of H-pyrrole nitrogens is 1. The number of carboxylic acids is 1. The van der Waals surface area contributed by atoms with Crippen molar-refractivity contribution in [3.05, 3.63) is 94.2 Å². The summed E-state index contributed by atoms with van der Waals surface area (Å²) in [5, 5.41) is 15.1. The first-order valence-electron chi connectivity index (χ1n) is 11.3. The largest absolute Gasteiger partial charge is 0.481 e. The summed E-state index contributed by atoms with van der Waals surface area (Å²) in [5.74, 6) is -0.973. The Morgan fingerprint density at radius 1 is 1.06 bits per heavy atom. The molecule has 0 aliphatic rings. The van der Waals surface area contributed by atoms with Gasteiger partial charge in [0.15, 0.2) is 5.13 Å². The summed E-state index contributed by atoms with van der Waals surface area (Å²) < 4.78 is 0. The fourth-order valence-electron chi connectivity index (χ4n) is 3.91. The van der Waals surface area contributed by atoms with E-state index in [0.29, 0.717) is 16.2 Å². The second-order valence-corrected chi connectivity index (χ2v) is 9.07. The SMILES string of the molecule is CN(c1ccccc1)c1cc2nc(CCC(=O)O)c(=O)[nH]c2cc1Nc1nc(-c2ccccc2)cs1. The van der Waals surface area contributed by atoms with Crippen LogP contribution in [0.2, 0.25) is 0 Å². The van der Waals surface area contributed by atoms with Crippen molar-refractivity contribution in [2.75, 3.05) is 17.3 Å². The Labute approximate surface area is 210 Å². The smallest absolute Gasteiger partial charge is 0.303 e. The number of carbonyl (C=O) groups is 1. The van der Waals surface area contributed by atoms with Crippen LogP contribution < -0.4 is 15.8 Å². The van der Waals surface area contributed by atoms with Crippen molar-refractivity contribution in [1.29, 1.82) is 0 Å². The lowest BCUT2D eigenvalue weighted by Crippen LogP contribution is -2.17. The van der Waals surface area contributed by atoms with E-state index in [1.54, 1.807) is 0 Å². The molecule has 0 saturated heterocycles. The highest BCUT2D eigenvalue weighted by Gasteiger charge is 2.16. The zero-order chi connectivity index (χ0) is 25.1. The summed E-state index contributed by atoms with van der Waals surface area (Å²) in [7, 11) is 1.95. The number of fused-ring (bicyclic) bond motifs is 1. The van der Waals surface area contributed by atoms with E-state index in [-0.39, 0.29) is 24.1 Å². The average Bonchev–Trinajstić information content (AvgIpc) is 3.36. The summed E-state index contributed by atoms with van der Waals surface area (Å²) >= 11 is 1.49. The molecule has 3 N–H and O–H groups in total. The molecule has 8 nitrogen and oxygen atoms in total. The first-order chi connectivity index (χ1) is 17.5. The highest BCUT2D eigenvalue weighted by atomic mass is 32.1. The zero-order valence-corrected chi connectivity index (χ0v) is 20.2. The number of para-hydroxylation sites is 1. The summed E-state index contributed by atoms with van der Waals surface area (Å²) in [6.45, 7) is 0. The number of thiazole rings is 1. The van der Waals surface area contributed by atoms with Gasteiger partial charge < -0.3 is 20.3 Å². The molecule has 0 aliphatic heterocycles. The van der Waals surface area contributed by atoms with Gasteiger partial charge in [0.05, 0.1) is 34.5 Å². The fourth-order valence-corrected chi connectivity index (χ4v) is 4.64. The monoisotopic (exact) mass is 497 g/mol. The average molecular weight is 498 g/mol. The molecule has 0 unspecified atom stereocenters. The van der Waals surface area contributed by atoms with Crippen LogP contribution >= 0.6 is 11.3 Å². The van der Waals surface area contributed by atoms with Crippen LogP contribution in [0, 0.1) is 0 Å². The van der Waals surface area contributed by atoms with E-state index in [0.717, 1.165) is 28.3 Å². The Morgan fingerprint density at radius 3 is 2.50 bits per heavy atom. The van der Waals surface area contributed by atoms with Gasteiger partial charge in [0.1, 0.15) is 5.69 Å². The molecular formula is C27H23N5O3S. The minimum Gasteiger partial charge on any atom is -0.481 e. The van der Waals surface area contributed by atoms with E-state index in [1.165, 1.54) is 11.3 Å². The normalized spacial score (nSPS) is 10.9. The molecule has 36 heavy (non-hydrogen) atoms. The number of benzene rings is 3. The molecule has 9 heteroatoms. The van der Waals surface area contributed by atoms with E-state index in [2.05, 4.69) is 15.3 Å². The van der Waals surface area contributed by atoms with Crippen LogP contribution in [-0.2, 0) is 11.2 Å². The Balaban J connectivity index is 1.57. The molecule has 3 aromatic carbocycles. The van der Waals surface area contributed by atoms with Gasteiger partial charge in [-0.1, -0.05) is 48.5 Å². The van der Waals surface area contributed by atoms with Crippen LogP contribution in [0.25, 0.3) is 22.3 Å². The van der Waals surface area contributed by atoms with Gasteiger partial charge in [0.25, 0.3) is 5.56 Å². The summed E-state index contributed by atoms with van der Waals surface area (Å²) in [6, 6.07) is 23.6. The molecule has 0 spiro atoms. The number of nitrogens with zero attached hydrogens (tertiary/aromatic N) is 3. The highest BCUT2D eigenvalue weighted by molar-refractivity contribution is 7.14. The van der Waals surface area contributed by atoms with E-state index in [1.807, 2.05) is 90.1 Å². The maximum Gasteiger partial charge on any atom is 0.303 e.